The van der Waals surface area contributed by atoms with Gasteiger partial charge in [-0.2, -0.15) is 13.2 Å². The summed E-state index contributed by atoms with van der Waals surface area (Å²) in [6, 6.07) is 4.15. The van der Waals surface area contributed by atoms with Crippen LogP contribution in [-0.4, -0.2) is 47.1 Å². The first-order valence-corrected chi connectivity index (χ1v) is 10.2. The molecule has 0 radical (unpaired) electrons. The highest BCUT2D eigenvalue weighted by molar-refractivity contribution is 5.98. The Morgan fingerprint density at radius 1 is 1.21 bits per heavy atom. The Hall–Kier alpha value is -3.63. The van der Waals surface area contributed by atoms with Gasteiger partial charge in [0.1, 0.15) is 5.75 Å². The molecule has 11 heteroatoms. The van der Waals surface area contributed by atoms with Crippen molar-refractivity contribution < 1.29 is 32.0 Å². The number of fused-ring (bicyclic) bond motifs is 1. The monoisotopic (exact) mass is 464 g/mol. The van der Waals surface area contributed by atoms with Gasteiger partial charge in [0.25, 0.3) is 5.91 Å². The van der Waals surface area contributed by atoms with Gasteiger partial charge in [-0.1, -0.05) is 18.5 Å². The minimum absolute atomic E-state index is 0.0656. The van der Waals surface area contributed by atoms with Gasteiger partial charge in [-0.25, -0.2) is 0 Å². The zero-order chi connectivity index (χ0) is 24.2. The molecule has 2 N–H and O–H groups in total. The predicted molar refractivity (Wildman–Crippen MR) is 113 cm³/mol. The number of pyridine rings is 1. The third-order valence-corrected chi connectivity index (χ3v) is 4.98. The zero-order valence-electron chi connectivity index (χ0n) is 18.1. The lowest BCUT2D eigenvalue weighted by atomic mass is 10.0. The number of halogens is 3. The van der Waals surface area contributed by atoms with Gasteiger partial charge in [0.2, 0.25) is 5.91 Å². The maximum absolute atomic E-state index is 13.1. The van der Waals surface area contributed by atoms with Crippen molar-refractivity contribution in [1.82, 2.24) is 15.0 Å². The van der Waals surface area contributed by atoms with E-state index in [1.807, 2.05) is 6.92 Å². The molecule has 2 heterocycles. The highest BCUT2D eigenvalue weighted by Crippen LogP contribution is 2.38. The van der Waals surface area contributed by atoms with Crippen LogP contribution >= 0.6 is 0 Å². The van der Waals surface area contributed by atoms with Crippen LogP contribution in [0, 0.1) is 0 Å². The van der Waals surface area contributed by atoms with Crippen molar-refractivity contribution in [3.8, 4) is 5.75 Å². The van der Waals surface area contributed by atoms with Crippen molar-refractivity contribution >= 4 is 22.8 Å². The summed E-state index contributed by atoms with van der Waals surface area (Å²) in [5, 5.41) is 3.10. The lowest BCUT2D eigenvalue weighted by molar-refractivity contribution is -0.141. The Bertz CT molecular complexity index is 1160. The molecule has 0 unspecified atom stereocenters. The first-order valence-electron chi connectivity index (χ1n) is 10.2. The van der Waals surface area contributed by atoms with Crippen LogP contribution in [0.15, 0.2) is 35.1 Å². The molecule has 0 aliphatic rings. The second-order valence-corrected chi connectivity index (χ2v) is 7.45. The number of nitrogens with two attached hydrogens (primary N) is 1. The van der Waals surface area contributed by atoms with Gasteiger partial charge in [0, 0.05) is 31.5 Å². The smallest absolute Gasteiger partial charge is 0.437 e. The number of amides is 2. The number of hydrogen-bond donors (Lipinski definition) is 1. The molecule has 2 aromatic heterocycles. The number of carbonyl (C=O) groups excluding carboxylic acids is 2. The van der Waals surface area contributed by atoms with E-state index < -0.39 is 17.8 Å². The zero-order valence-corrected chi connectivity index (χ0v) is 18.1. The van der Waals surface area contributed by atoms with Crippen molar-refractivity contribution in [3.05, 3.63) is 53.0 Å². The van der Waals surface area contributed by atoms with Crippen LogP contribution in [-0.2, 0) is 12.6 Å². The minimum Gasteiger partial charge on any atom is -0.493 e. The van der Waals surface area contributed by atoms with Crippen molar-refractivity contribution in [1.29, 1.82) is 0 Å². The average Bonchev–Trinajstić information content (AvgIpc) is 3.22. The van der Waals surface area contributed by atoms with Crippen LogP contribution < -0.4 is 10.5 Å². The number of nitrogens with zero attached hydrogens (tertiary/aromatic N) is 3. The quantitative estimate of drug-likeness (QED) is 0.482. The Labute approximate surface area is 187 Å². The number of ether oxygens (including phenoxy) is 1. The standard InChI is InChI=1S/C22H23F3N4O4/c1-3-5-15-17(7-6-16-18(15)33-28-19(16)22(23,24)25)32-9-4-8-29(2)21(31)14-10-13(20(26)30)11-27-12-14/h6-7,10-12H,3-5,8-9H2,1-2H3,(H2,26,30). The summed E-state index contributed by atoms with van der Waals surface area (Å²) < 4.78 is 50.2. The molecule has 0 aliphatic heterocycles. The third kappa shape index (κ3) is 5.41. The molecule has 0 aliphatic carbocycles. The molecule has 0 fully saturated rings. The molecular formula is C22H23F3N4O4. The van der Waals surface area contributed by atoms with Crippen LogP contribution in [0.1, 0.15) is 51.7 Å². The van der Waals surface area contributed by atoms with Gasteiger partial charge >= 0.3 is 6.18 Å². The Kier molecular flexibility index (Phi) is 7.19. The van der Waals surface area contributed by atoms with Crippen LogP contribution in [0.3, 0.4) is 0 Å². The fourth-order valence-electron chi connectivity index (χ4n) is 3.36. The average molecular weight is 464 g/mol. The van der Waals surface area contributed by atoms with Crippen LogP contribution in [0.25, 0.3) is 11.0 Å². The van der Waals surface area contributed by atoms with Crippen molar-refractivity contribution in [3.63, 3.8) is 0 Å². The molecule has 3 aromatic rings. The maximum atomic E-state index is 13.1. The molecule has 0 saturated carbocycles. The van der Waals surface area contributed by atoms with Gasteiger partial charge in [-0.15, -0.1) is 0 Å². The number of aromatic nitrogens is 2. The molecule has 0 bridgehead atoms. The molecule has 176 valence electrons. The number of rotatable bonds is 9. The predicted octanol–water partition coefficient (Wildman–Crippen LogP) is 3.83. The van der Waals surface area contributed by atoms with E-state index in [1.165, 1.54) is 35.5 Å². The van der Waals surface area contributed by atoms with Gasteiger partial charge in [0.05, 0.1) is 23.1 Å². The molecule has 8 nitrogen and oxygen atoms in total. The molecular weight excluding hydrogens is 441 g/mol. The summed E-state index contributed by atoms with van der Waals surface area (Å²) in [5.41, 5.74) is 5.12. The van der Waals surface area contributed by atoms with E-state index >= 15 is 0 Å². The maximum Gasteiger partial charge on any atom is 0.437 e. The summed E-state index contributed by atoms with van der Waals surface area (Å²) in [6.45, 7) is 2.46. The van der Waals surface area contributed by atoms with Gasteiger partial charge < -0.3 is 19.9 Å². The number of alkyl halides is 3. The number of carbonyl (C=O) groups is 2. The van der Waals surface area contributed by atoms with E-state index in [4.69, 9.17) is 15.0 Å². The molecule has 0 atom stereocenters. The molecule has 3 rings (SSSR count). The fraction of sp³-hybridized carbons (Fsp3) is 0.364. The third-order valence-electron chi connectivity index (χ3n) is 4.98. The van der Waals surface area contributed by atoms with Crippen molar-refractivity contribution in [2.45, 2.75) is 32.4 Å². The summed E-state index contributed by atoms with van der Waals surface area (Å²) in [5.74, 6) is -0.594. The van der Waals surface area contributed by atoms with E-state index in [1.54, 1.807) is 7.05 Å². The van der Waals surface area contributed by atoms with Crippen molar-refractivity contribution in [2.24, 2.45) is 5.73 Å². The van der Waals surface area contributed by atoms with Gasteiger partial charge in [-0.05, 0) is 31.0 Å². The number of primary amides is 1. The molecule has 2 amide bonds. The SMILES string of the molecule is CCCc1c(OCCCN(C)C(=O)c2cncc(C(N)=O)c2)ccc2c(C(F)(F)F)noc12. The summed E-state index contributed by atoms with van der Waals surface area (Å²) >= 11 is 0. The van der Waals surface area contributed by atoms with Crippen LogP contribution in [0.5, 0.6) is 5.75 Å². The van der Waals surface area contributed by atoms with Crippen LogP contribution in [0.2, 0.25) is 0 Å². The molecule has 0 spiro atoms. The molecule has 0 saturated heterocycles. The topological polar surface area (TPSA) is 112 Å². The Morgan fingerprint density at radius 3 is 2.61 bits per heavy atom. The molecule has 33 heavy (non-hydrogen) atoms. The van der Waals surface area contributed by atoms with Crippen molar-refractivity contribution in [2.75, 3.05) is 20.2 Å². The fourth-order valence-corrected chi connectivity index (χ4v) is 3.36. The summed E-state index contributed by atoms with van der Waals surface area (Å²) in [4.78, 5) is 29.1. The highest BCUT2D eigenvalue weighted by Gasteiger charge is 2.37. The summed E-state index contributed by atoms with van der Waals surface area (Å²) in [6.07, 6.45) is -0.391. The lowest BCUT2D eigenvalue weighted by Crippen LogP contribution is -2.29. The first kappa shape index (κ1) is 24.0. The second-order valence-electron chi connectivity index (χ2n) is 7.45. The van der Waals surface area contributed by atoms with E-state index in [-0.39, 0.29) is 34.6 Å². The van der Waals surface area contributed by atoms with E-state index in [9.17, 15) is 22.8 Å². The Balaban J connectivity index is 1.65. The van der Waals surface area contributed by atoms with E-state index in [0.717, 1.165) is 0 Å². The van der Waals surface area contributed by atoms with E-state index in [2.05, 4.69) is 10.1 Å². The normalized spacial score (nSPS) is 11.5. The summed E-state index contributed by atoms with van der Waals surface area (Å²) in [7, 11) is 1.60. The highest BCUT2D eigenvalue weighted by atomic mass is 19.4. The van der Waals surface area contributed by atoms with E-state index in [0.29, 0.717) is 37.1 Å². The second kappa shape index (κ2) is 9.88. The number of hydrogen-bond acceptors (Lipinski definition) is 6. The first-order chi connectivity index (χ1) is 15.6. The van der Waals surface area contributed by atoms with Crippen LogP contribution in [0.4, 0.5) is 13.2 Å². The lowest BCUT2D eigenvalue weighted by Gasteiger charge is -2.18. The number of aryl methyl sites for hydroxylation is 1. The molecule has 1 aromatic carbocycles. The Morgan fingerprint density at radius 2 is 1.94 bits per heavy atom. The van der Waals surface area contributed by atoms with Gasteiger partial charge in [-0.3, -0.25) is 14.6 Å². The van der Waals surface area contributed by atoms with Gasteiger partial charge in [0.15, 0.2) is 11.3 Å². The minimum atomic E-state index is -4.61. The largest absolute Gasteiger partial charge is 0.493 e. The number of benzene rings is 1.